The molecule has 3 atom stereocenters. The normalized spacial score (nSPS) is 24.2. The first kappa shape index (κ1) is 16.2. The Hall–Kier alpha value is -2.94. The Labute approximate surface area is 158 Å². The Morgan fingerprint density at radius 3 is 2.63 bits per heavy atom. The molecule has 27 heavy (non-hydrogen) atoms. The van der Waals surface area contributed by atoms with Crippen LogP contribution in [0.25, 0.3) is 11.1 Å². The summed E-state index contributed by atoms with van der Waals surface area (Å²) >= 11 is 0. The maximum atomic E-state index is 9.09. The second-order valence-electron chi connectivity index (χ2n) is 7.39. The van der Waals surface area contributed by atoms with Gasteiger partial charge in [-0.3, -0.25) is 4.90 Å². The largest absolute Gasteiger partial charge is 0.451 e. The van der Waals surface area contributed by atoms with Crippen LogP contribution in [0.2, 0.25) is 0 Å². The Balaban J connectivity index is 1.28. The number of piperidine rings is 1. The zero-order valence-corrected chi connectivity index (χ0v) is 14.9. The smallest absolute Gasteiger partial charge is 0.180 e. The lowest BCUT2D eigenvalue weighted by atomic mass is 9.74. The molecule has 3 aliphatic rings. The molecule has 0 aliphatic carbocycles. The van der Waals surface area contributed by atoms with Crippen molar-refractivity contribution in [2.45, 2.75) is 24.5 Å². The summed E-state index contributed by atoms with van der Waals surface area (Å²) in [4.78, 5) is 6.68. The number of hydrogen-bond donors (Lipinski definition) is 1. The van der Waals surface area contributed by atoms with E-state index >= 15 is 0 Å². The fourth-order valence-corrected chi connectivity index (χ4v) is 4.41. The molecule has 4 heterocycles. The molecule has 1 aromatic heterocycles. The molecule has 3 aromatic rings. The number of oxazole rings is 1. The molecule has 0 radical (unpaired) electrons. The summed E-state index contributed by atoms with van der Waals surface area (Å²) in [6, 6.07) is 19.8. The van der Waals surface area contributed by atoms with Crippen molar-refractivity contribution in [2.75, 3.05) is 13.1 Å². The minimum atomic E-state index is 0.489. The second kappa shape index (κ2) is 6.66. The first-order valence-corrected chi connectivity index (χ1v) is 9.26. The van der Waals surface area contributed by atoms with Gasteiger partial charge in [-0.15, -0.1) is 0 Å². The zero-order valence-electron chi connectivity index (χ0n) is 14.9. The third-order valence-corrected chi connectivity index (χ3v) is 5.69. The molecule has 3 saturated heterocycles. The van der Waals surface area contributed by atoms with Gasteiger partial charge < -0.3 is 9.73 Å². The third-order valence-electron chi connectivity index (χ3n) is 5.69. The van der Waals surface area contributed by atoms with E-state index in [1.807, 2.05) is 18.2 Å². The molecule has 0 saturated carbocycles. The van der Waals surface area contributed by atoms with E-state index < -0.39 is 0 Å². The quantitative estimate of drug-likeness (QED) is 0.778. The van der Waals surface area contributed by atoms with E-state index in [9.17, 15) is 0 Å². The number of rotatable bonds is 4. The molecule has 6 rings (SSSR count). The second-order valence-corrected chi connectivity index (χ2v) is 7.39. The molecule has 1 N–H and O–H groups in total. The number of hydrogen-bond acceptors (Lipinski definition) is 5. The van der Waals surface area contributed by atoms with Crippen molar-refractivity contribution < 1.29 is 4.42 Å². The van der Waals surface area contributed by atoms with Crippen molar-refractivity contribution >= 4 is 0 Å². The lowest BCUT2D eigenvalue weighted by Gasteiger charge is -2.54. The molecule has 5 nitrogen and oxygen atoms in total. The summed E-state index contributed by atoms with van der Waals surface area (Å²) in [7, 11) is 0. The predicted octanol–water partition coefficient (Wildman–Crippen LogP) is 3.15. The van der Waals surface area contributed by atoms with Gasteiger partial charge >= 0.3 is 0 Å². The standard InChI is InChI=1S/C22H20N4O/c23-9-15-2-1-3-18(8-15)16-4-6-17(7-5-16)22-20-11-26(12-21(22)25-20)10-19-13-27-14-24-19/h1-8,13-14,20-22,25H,10-12H2/t20-,21+,22?. The van der Waals surface area contributed by atoms with Gasteiger partial charge in [-0.2, -0.15) is 5.26 Å². The average molecular weight is 356 g/mol. The fraction of sp³-hybridized carbons (Fsp3) is 0.273. The maximum absolute atomic E-state index is 9.09. The number of aromatic nitrogens is 1. The van der Waals surface area contributed by atoms with Gasteiger partial charge in [0.2, 0.25) is 0 Å². The number of piperazine rings is 1. The molecule has 3 fully saturated rings. The Morgan fingerprint density at radius 2 is 1.93 bits per heavy atom. The van der Waals surface area contributed by atoms with Gasteiger partial charge in [0.15, 0.2) is 6.39 Å². The van der Waals surface area contributed by atoms with E-state index in [1.54, 1.807) is 6.26 Å². The summed E-state index contributed by atoms with van der Waals surface area (Å²) in [5.74, 6) is 0.568. The lowest BCUT2D eigenvalue weighted by Crippen LogP contribution is -2.71. The molecule has 1 unspecified atom stereocenters. The number of nitrogens with zero attached hydrogens (tertiary/aromatic N) is 3. The number of benzene rings is 2. The van der Waals surface area contributed by atoms with Crippen molar-refractivity contribution in [1.82, 2.24) is 15.2 Å². The van der Waals surface area contributed by atoms with Crippen LogP contribution in [0.3, 0.4) is 0 Å². The minimum Gasteiger partial charge on any atom is -0.451 e. The molecule has 2 aromatic carbocycles. The zero-order chi connectivity index (χ0) is 18.2. The molecule has 5 heteroatoms. The van der Waals surface area contributed by atoms with Crippen molar-refractivity contribution in [3.05, 3.63) is 78.0 Å². The van der Waals surface area contributed by atoms with Crippen LogP contribution in [-0.4, -0.2) is 35.1 Å². The highest BCUT2D eigenvalue weighted by Crippen LogP contribution is 2.37. The fourth-order valence-electron chi connectivity index (χ4n) is 4.41. The van der Waals surface area contributed by atoms with Crippen molar-refractivity contribution in [3.8, 4) is 17.2 Å². The highest BCUT2D eigenvalue weighted by molar-refractivity contribution is 5.65. The monoisotopic (exact) mass is 356 g/mol. The van der Waals surface area contributed by atoms with Gasteiger partial charge in [0, 0.05) is 37.6 Å². The first-order valence-electron chi connectivity index (χ1n) is 9.26. The van der Waals surface area contributed by atoms with Crippen LogP contribution in [0.4, 0.5) is 0 Å². The predicted molar refractivity (Wildman–Crippen MR) is 102 cm³/mol. The molecular weight excluding hydrogens is 336 g/mol. The number of nitrogens with one attached hydrogen (secondary N) is 1. The molecule has 2 bridgehead atoms. The Morgan fingerprint density at radius 1 is 1.11 bits per heavy atom. The number of fused-ring (bicyclic) bond motifs is 2. The van der Waals surface area contributed by atoms with Gasteiger partial charge in [-0.05, 0) is 28.8 Å². The lowest BCUT2D eigenvalue weighted by molar-refractivity contribution is 0.0463. The van der Waals surface area contributed by atoms with Gasteiger partial charge in [0.05, 0.1) is 17.3 Å². The molecule has 0 spiro atoms. The van der Waals surface area contributed by atoms with Crippen LogP contribution < -0.4 is 5.32 Å². The van der Waals surface area contributed by atoms with Crippen molar-refractivity contribution in [3.63, 3.8) is 0 Å². The highest BCUT2D eigenvalue weighted by atomic mass is 16.3. The molecule has 0 amide bonds. The third kappa shape index (κ3) is 3.03. The topological polar surface area (TPSA) is 65.1 Å². The summed E-state index contributed by atoms with van der Waals surface area (Å²) in [6.07, 6.45) is 3.22. The summed E-state index contributed by atoms with van der Waals surface area (Å²) in [5.41, 5.74) is 5.33. The van der Waals surface area contributed by atoms with Gasteiger partial charge in [-0.25, -0.2) is 4.98 Å². The van der Waals surface area contributed by atoms with Crippen LogP contribution in [0.15, 0.2) is 65.6 Å². The summed E-state index contributed by atoms with van der Waals surface area (Å²) in [5, 5.41) is 12.8. The van der Waals surface area contributed by atoms with Crippen LogP contribution in [0, 0.1) is 11.3 Å². The first-order chi connectivity index (χ1) is 13.3. The Bertz CT molecular complexity index is 962. The molecule has 134 valence electrons. The van der Waals surface area contributed by atoms with Crippen molar-refractivity contribution in [2.24, 2.45) is 0 Å². The highest BCUT2D eigenvalue weighted by Gasteiger charge is 2.46. The minimum absolute atomic E-state index is 0.489. The SMILES string of the molecule is N#Cc1cccc(-c2ccc(C3[C@@H]4CN(Cc5cocn5)C[C@H]3N4)cc2)c1. The van der Waals surface area contributed by atoms with Crippen LogP contribution in [0.5, 0.6) is 0 Å². The van der Waals surface area contributed by atoms with E-state index in [4.69, 9.17) is 9.68 Å². The summed E-state index contributed by atoms with van der Waals surface area (Å²) < 4.78 is 5.08. The van der Waals surface area contributed by atoms with Crippen LogP contribution in [0.1, 0.15) is 22.7 Å². The van der Waals surface area contributed by atoms with Crippen molar-refractivity contribution in [1.29, 1.82) is 5.26 Å². The maximum Gasteiger partial charge on any atom is 0.180 e. The van der Waals surface area contributed by atoms with Crippen LogP contribution >= 0.6 is 0 Å². The molecule has 3 aliphatic heterocycles. The van der Waals surface area contributed by atoms with E-state index in [1.165, 1.54) is 12.0 Å². The van der Waals surface area contributed by atoms with Gasteiger partial charge in [0.1, 0.15) is 6.26 Å². The average Bonchev–Trinajstić information content (AvgIpc) is 3.21. The van der Waals surface area contributed by atoms with E-state index in [0.29, 0.717) is 23.6 Å². The van der Waals surface area contributed by atoms with Gasteiger partial charge in [-0.1, -0.05) is 36.4 Å². The molecular formula is C22H20N4O. The van der Waals surface area contributed by atoms with E-state index in [2.05, 4.69) is 51.6 Å². The number of nitriles is 1. The summed E-state index contributed by atoms with van der Waals surface area (Å²) in [6.45, 7) is 2.91. The van der Waals surface area contributed by atoms with E-state index in [-0.39, 0.29) is 0 Å². The van der Waals surface area contributed by atoms with Gasteiger partial charge in [0.25, 0.3) is 0 Å². The Kier molecular flexibility index (Phi) is 4.01. The van der Waals surface area contributed by atoms with E-state index in [0.717, 1.165) is 36.5 Å². The van der Waals surface area contributed by atoms with Crippen LogP contribution in [-0.2, 0) is 6.54 Å².